The van der Waals surface area contributed by atoms with Gasteiger partial charge in [-0.05, 0) is 30.2 Å². The second-order valence-corrected chi connectivity index (χ2v) is 4.76. The van der Waals surface area contributed by atoms with E-state index in [1.807, 2.05) is 12.3 Å². The van der Waals surface area contributed by atoms with E-state index >= 15 is 0 Å². The molecule has 0 radical (unpaired) electrons. The van der Waals surface area contributed by atoms with Gasteiger partial charge in [0.1, 0.15) is 5.82 Å². The number of aryl methyl sites for hydroxylation is 1. The van der Waals surface area contributed by atoms with E-state index in [2.05, 4.69) is 45.0 Å². The molecule has 1 aromatic heterocycles. The summed E-state index contributed by atoms with van der Waals surface area (Å²) in [5.41, 5.74) is 8.53. The van der Waals surface area contributed by atoms with E-state index < -0.39 is 0 Å². The predicted molar refractivity (Wildman–Crippen MR) is 68.1 cm³/mol. The minimum Gasteiger partial charge on any atom is -0.349 e. The van der Waals surface area contributed by atoms with Crippen LogP contribution in [-0.4, -0.2) is 9.97 Å². The predicted octanol–water partition coefficient (Wildman–Crippen LogP) is 2.72. The number of halogens is 1. The maximum Gasteiger partial charge on any atom is 0.107 e. The van der Waals surface area contributed by atoms with Crippen molar-refractivity contribution in [3.8, 4) is 0 Å². The number of hydrogen-bond acceptors (Lipinski definition) is 2. The summed E-state index contributed by atoms with van der Waals surface area (Å²) in [6, 6.07) is 6.15. The van der Waals surface area contributed by atoms with Crippen LogP contribution in [0.3, 0.4) is 0 Å². The van der Waals surface area contributed by atoms with Crippen LogP contribution in [0, 0.1) is 6.92 Å². The van der Waals surface area contributed by atoms with E-state index in [-0.39, 0.29) is 6.04 Å². The zero-order valence-corrected chi connectivity index (χ0v) is 10.7. The van der Waals surface area contributed by atoms with Crippen molar-refractivity contribution in [3.63, 3.8) is 0 Å². The minimum absolute atomic E-state index is 0.0146. The number of rotatable bonds is 3. The normalized spacial score (nSPS) is 12.7. The highest BCUT2D eigenvalue weighted by Gasteiger charge is 2.11. The van der Waals surface area contributed by atoms with Crippen LogP contribution in [0.2, 0.25) is 0 Å². The van der Waals surface area contributed by atoms with Crippen molar-refractivity contribution < 1.29 is 0 Å². The quantitative estimate of drug-likeness (QED) is 0.908. The van der Waals surface area contributed by atoms with Gasteiger partial charge in [0.05, 0.1) is 0 Å². The number of aromatic nitrogens is 2. The standard InChI is InChI=1S/C12H14BrN3/c1-8-6-9(13)2-3-10(8)11(14)7-12-15-4-5-16-12/h2-6,11H,7,14H2,1H3,(H,15,16). The Bertz CT molecular complexity index is 465. The molecule has 16 heavy (non-hydrogen) atoms. The average Bonchev–Trinajstić information content (AvgIpc) is 2.70. The largest absolute Gasteiger partial charge is 0.349 e. The molecule has 0 saturated carbocycles. The van der Waals surface area contributed by atoms with Gasteiger partial charge in [-0.1, -0.05) is 22.0 Å². The van der Waals surface area contributed by atoms with Gasteiger partial charge in [0.15, 0.2) is 0 Å². The van der Waals surface area contributed by atoms with Gasteiger partial charge in [-0.25, -0.2) is 4.98 Å². The van der Waals surface area contributed by atoms with Crippen molar-refractivity contribution in [3.05, 3.63) is 52.0 Å². The van der Waals surface area contributed by atoms with Crippen molar-refractivity contribution in [1.82, 2.24) is 9.97 Å². The van der Waals surface area contributed by atoms with E-state index in [0.29, 0.717) is 0 Å². The second kappa shape index (κ2) is 4.80. The molecule has 0 saturated heterocycles. The molecule has 0 aliphatic carbocycles. The Morgan fingerprint density at radius 3 is 2.94 bits per heavy atom. The van der Waals surface area contributed by atoms with E-state index in [1.165, 1.54) is 11.1 Å². The zero-order valence-electron chi connectivity index (χ0n) is 9.07. The molecular formula is C12H14BrN3. The van der Waals surface area contributed by atoms with Crippen molar-refractivity contribution in [1.29, 1.82) is 0 Å². The second-order valence-electron chi connectivity index (χ2n) is 3.85. The minimum atomic E-state index is -0.0146. The molecule has 0 spiro atoms. The van der Waals surface area contributed by atoms with Crippen molar-refractivity contribution in [2.24, 2.45) is 5.73 Å². The lowest BCUT2D eigenvalue weighted by Crippen LogP contribution is -2.15. The Kier molecular flexibility index (Phi) is 3.41. The molecule has 4 heteroatoms. The Hall–Kier alpha value is -1.13. The smallest absolute Gasteiger partial charge is 0.107 e. The van der Waals surface area contributed by atoms with Crippen LogP contribution in [0.5, 0.6) is 0 Å². The molecule has 1 unspecified atom stereocenters. The molecule has 1 atom stereocenters. The monoisotopic (exact) mass is 279 g/mol. The Morgan fingerprint density at radius 2 is 2.31 bits per heavy atom. The van der Waals surface area contributed by atoms with Gasteiger partial charge >= 0.3 is 0 Å². The Labute approximate surface area is 103 Å². The van der Waals surface area contributed by atoms with Gasteiger partial charge in [-0.3, -0.25) is 0 Å². The number of nitrogens with two attached hydrogens (primary N) is 1. The van der Waals surface area contributed by atoms with E-state index in [0.717, 1.165) is 16.7 Å². The highest BCUT2D eigenvalue weighted by Crippen LogP contribution is 2.22. The summed E-state index contributed by atoms with van der Waals surface area (Å²) in [6.07, 6.45) is 4.29. The summed E-state index contributed by atoms with van der Waals surface area (Å²) in [6.45, 7) is 2.07. The molecule has 0 aliphatic heterocycles. The maximum absolute atomic E-state index is 6.16. The Morgan fingerprint density at radius 1 is 1.50 bits per heavy atom. The molecule has 3 nitrogen and oxygen atoms in total. The zero-order chi connectivity index (χ0) is 11.5. The van der Waals surface area contributed by atoms with E-state index in [4.69, 9.17) is 5.73 Å². The van der Waals surface area contributed by atoms with Gasteiger partial charge in [0, 0.05) is 29.3 Å². The number of H-pyrrole nitrogens is 1. The molecular weight excluding hydrogens is 266 g/mol. The van der Waals surface area contributed by atoms with Crippen LogP contribution in [-0.2, 0) is 6.42 Å². The van der Waals surface area contributed by atoms with Crippen LogP contribution in [0.4, 0.5) is 0 Å². The first-order valence-corrected chi connectivity index (χ1v) is 5.96. The number of nitrogens with zero attached hydrogens (tertiary/aromatic N) is 1. The van der Waals surface area contributed by atoms with Crippen molar-refractivity contribution in [2.75, 3.05) is 0 Å². The molecule has 0 bridgehead atoms. The maximum atomic E-state index is 6.16. The molecule has 1 heterocycles. The van der Waals surface area contributed by atoms with Gasteiger partial charge in [0.25, 0.3) is 0 Å². The van der Waals surface area contributed by atoms with Gasteiger partial charge < -0.3 is 10.7 Å². The van der Waals surface area contributed by atoms with Gasteiger partial charge in [-0.15, -0.1) is 0 Å². The summed E-state index contributed by atoms with van der Waals surface area (Å²) in [7, 11) is 0. The summed E-state index contributed by atoms with van der Waals surface area (Å²) in [5, 5.41) is 0. The number of imidazole rings is 1. The number of aromatic amines is 1. The third-order valence-electron chi connectivity index (χ3n) is 2.60. The highest BCUT2D eigenvalue weighted by molar-refractivity contribution is 9.10. The molecule has 0 fully saturated rings. The number of nitrogens with one attached hydrogen (secondary N) is 1. The van der Waals surface area contributed by atoms with Crippen molar-refractivity contribution in [2.45, 2.75) is 19.4 Å². The average molecular weight is 280 g/mol. The summed E-state index contributed by atoms with van der Waals surface area (Å²) >= 11 is 3.45. The molecule has 0 amide bonds. The van der Waals surface area contributed by atoms with Crippen LogP contribution >= 0.6 is 15.9 Å². The molecule has 3 N–H and O–H groups in total. The molecule has 2 aromatic rings. The fourth-order valence-electron chi connectivity index (χ4n) is 1.78. The SMILES string of the molecule is Cc1cc(Br)ccc1C(N)Cc1ncc[nH]1. The lowest BCUT2D eigenvalue weighted by molar-refractivity contribution is 0.690. The third-order valence-corrected chi connectivity index (χ3v) is 3.09. The summed E-state index contributed by atoms with van der Waals surface area (Å²) in [5.74, 6) is 0.926. The molecule has 2 rings (SSSR count). The van der Waals surface area contributed by atoms with Gasteiger partial charge in [0.2, 0.25) is 0 Å². The summed E-state index contributed by atoms with van der Waals surface area (Å²) < 4.78 is 1.08. The fraction of sp³-hybridized carbons (Fsp3) is 0.250. The third kappa shape index (κ3) is 2.51. The first-order chi connectivity index (χ1) is 7.66. The molecule has 84 valence electrons. The van der Waals surface area contributed by atoms with Crippen LogP contribution < -0.4 is 5.73 Å². The van der Waals surface area contributed by atoms with E-state index in [1.54, 1.807) is 6.20 Å². The Balaban J connectivity index is 2.17. The first kappa shape index (κ1) is 11.4. The van der Waals surface area contributed by atoms with Crippen LogP contribution in [0.1, 0.15) is 23.0 Å². The lowest BCUT2D eigenvalue weighted by atomic mass is 9.99. The van der Waals surface area contributed by atoms with Gasteiger partial charge in [-0.2, -0.15) is 0 Å². The van der Waals surface area contributed by atoms with Crippen molar-refractivity contribution >= 4 is 15.9 Å². The van der Waals surface area contributed by atoms with Crippen LogP contribution in [0.25, 0.3) is 0 Å². The van der Waals surface area contributed by atoms with E-state index in [9.17, 15) is 0 Å². The fourth-order valence-corrected chi connectivity index (χ4v) is 2.26. The molecule has 1 aromatic carbocycles. The lowest BCUT2D eigenvalue weighted by Gasteiger charge is -2.13. The topological polar surface area (TPSA) is 54.7 Å². The molecule has 0 aliphatic rings. The highest BCUT2D eigenvalue weighted by atomic mass is 79.9. The summed E-state index contributed by atoms with van der Waals surface area (Å²) in [4.78, 5) is 7.25. The number of hydrogen-bond donors (Lipinski definition) is 2. The first-order valence-electron chi connectivity index (χ1n) is 5.16. The number of benzene rings is 1. The van der Waals surface area contributed by atoms with Crippen LogP contribution in [0.15, 0.2) is 35.1 Å².